The SMILES string of the molecule is CCS(=O)(=O)CCCC1(N)CCC(c2ccccc2)CC1. The highest BCUT2D eigenvalue weighted by Crippen LogP contribution is 2.38. The van der Waals surface area contributed by atoms with Crippen LogP contribution >= 0.6 is 0 Å². The second-order valence-corrected chi connectivity index (χ2v) is 8.86. The molecule has 0 unspecified atom stereocenters. The summed E-state index contributed by atoms with van der Waals surface area (Å²) in [7, 11) is -2.86. The Bertz CT molecular complexity index is 531. The van der Waals surface area contributed by atoms with E-state index in [1.54, 1.807) is 6.92 Å². The van der Waals surface area contributed by atoms with Crippen LogP contribution in [0.25, 0.3) is 0 Å². The fraction of sp³-hybridized carbons (Fsp3) is 0.647. The molecule has 2 N–H and O–H groups in total. The molecular weight excluding hydrogens is 282 g/mol. The minimum atomic E-state index is -2.86. The van der Waals surface area contributed by atoms with Gasteiger partial charge in [-0.1, -0.05) is 37.3 Å². The summed E-state index contributed by atoms with van der Waals surface area (Å²) in [5.41, 5.74) is 7.73. The van der Waals surface area contributed by atoms with Gasteiger partial charge in [0.2, 0.25) is 0 Å². The molecule has 0 aromatic heterocycles. The van der Waals surface area contributed by atoms with Gasteiger partial charge in [-0.05, 0) is 50.0 Å². The minimum absolute atomic E-state index is 0.158. The Morgan fingerprint density at radius 1 is 1.19 bits per heavy atom. The molecule has 0 spiro atoms. The molecule has 0 bridgehead atoms. The number of nitrogens with two attached hydrogens (primary N) is 1. The van der Waals surface area contributed by atoms with E-state index in [1.165, 1.54) is 5.56 Å². The molecular formula is C17H27NO2S. The molecule has 118 valence electrons. The second kappa shape index (κ2) is 6.93. The van der Waals surface area contributed by atoms with E-state index in [4.69, 9.17) is 5.73 Å². The second-order valence-electron chi connectivity index (χ2n) is 6.39. The fourth-order valence-corrected chi connectivity index (χ4v) is 4.16. The highest BCUT2D eigenvalue weighted by atomic mass is 32.2. The number of benzene rings is 1. The van der Waals surface area contributed by atoms with Crippen molar-refractivity contribution in [1.29, 1.82) is 0 Å². The van der Waals surface area contributed by atoms with Gasteiger partial charge in [0.15, 0.2) is 0 Å². The van der Waals surface area contributed by atoms with Crippen LogP contribution < -0.4 is 5.73 Å². The molecule has 0 aliphatic heterocycles. The first-order valence-corrected chi connectivity index (χ1v) is 9.80. The van der Waals surface area contributed by atoms with Gasteiger partial charge < -0.3 is 5.73 Å². The topological polar surface area (TPSA) is 60.2 Å². The van der Waals surface area contributed by atoms with Gasteiger partial charge in [0, 0.05) is 11.3 Å². The van der Waals surface area contributed by atoms with Crippen LogP contribution in [0.15, 0.2) is 30.3 Å². The van der Waals surface area contributed by atoms with Crippen molar-refractivity contribution >= 4 is 9.84 Å². The third-order valence-corrected chi connectivity index (χ3v) is 6.61. The first-order chi connectivity index (χ1) is 9.94. The molecule has 1 aliphatic carbocycles. The molecule has 0 atom stereocenters. The van der Waals surface area contributed by atoms with Gasteiger partial charge >= 0.3 is 0 Å². The molecule has 4 heteroatoms. The summed E-state index contributed by atoms with van der Waals surface area (Å²) < 4.78 is 23.1. The molecule has 0 radical (unpaired) electrons. The van der Waals surface area contributed by atoms with Crippen molar-refractivity contribution in [2.24, 2.45) is 5.73 Å². The highest BCUT2D eigenvalue weighted by Gasteiger charge is 2.32. The van der Waals surface area contributed by atoms with Crippen molar-refractivity contribution in [2.75, 3.05) is 11.5 Å². The van der Waals surface area contributed by atoms with Crippen LogP contribution in [0, 0.1) is 0 Å². The van der Waals surface area contributed by atoms with Crippen LogP contribution in [0.4, 0.5) is 0 Å². The molecule has 3 nitrogen and oxygen atoms in total. The summed E-state index contributed by atoms with van der Waals surface area (Å²) in [4.78, 5) is 0. The van der Waals surface area contributed by atoms with Crippen LogP contribution in [0.5, 0.6) is 0 Å². The van der Waals surface area contributed by atoms with Crippen molar-refractivity contribution < 1.29 is 8.42 Å². The molecule has 0 heterocycles. The van der Waals surface area contributed by atoms with E-state index in [-0.39, 0.29) is 17.0 Å². The van der Waals surface area contributed by atoms with Gasteiger partial charge in [0.25, 0.3) is 0 Å². The van der Waals surface area contributed by atoms with Gasteiger partial charge in [0.05, 0.1) is 5.75 Å². The first-order valence-electron chi connectivity index (χ1n) is 7.98. The average molecular weight is 309 g/mol. The normalized spacial score (nSPS) is 26.7. The van der Waals surface area contributed by atoms with Crippen LogP contribution in [-0.4, -0.2) is 25.5 Å². The van der Waals surface area contributed by atoms with E-state index < -0.39 is 9.84 Å². The zero-order valence-corrected chi connectivity index (χ0v) is 13.7. The highest BCUT2D eigenvalue weighted by molar-refractivity contribution is 7.91. The van der Waals surface area contributed by atoms with Crippen molar-refractivity contribution in [1.82, 2.24) is 0 Å². The number of hydrogen-bond donors (Lipinski definition) is 1. The van der Waals surface area contributed by atoms with E-state index in [1.807, 2.05) is 6.07 Å². The van der Waals surface area contributed by atoms with E-state index in [2.05, 4.69) is 24.3 Å². The predicted octanol–water partition coefficient (Wildman–Crippen LogP) is 3.26. The molecule has 1 aromatic rings. The molecule has 0 amide bonds. The van der Waals surface area contributed by atoms with Gasteiger partial charge in [-0.15, -0.1) is 0 Å². The standard InChI is InChI=1S/C17H27NO2S/c1-2-21(19,20)14-6-11-17(18)12-9-16(10-13-17)15-7-4-3-5-8-15/h3-5,7-8,16H,2,6,9-14,18H2,1H3. The van der Waals surface area contributed by atoms with Crippen molar-refractivity contribution in [2.45, 2.75) is 56.9 Å². The van der Waals surface area contributed by atoms with E-state index in [9.17, 15) is 8.42 Å². The summed E-state index contributed by atoms with van der Waals surface area (Å²) in [5.74, 6) is 1.13. The van der Waals surface area contributed by atoms with Crippen molar-refractivity contribution in [3.05, 3.63) is 35.9 Å². The molecule has 2 rings (SSSR count). The van der Waals surface area contributed by atoms with E-state index in [0.29, 0.717) is 12.3 Å². The third kappa shape index (κ3) is 4.82. The quantitative estimate of drug-likeness (QED) is 0.877. The lowest BCUT2D eigenvalue weighted by molar-refractivity contribution is 0.255. The Balaban J connectivity index is 1.82. The van der Waals surface area contributed by atoms with Crippen LogP contribution in [0.3, 0.4) is 0 Å². The lowest BCUT2D eigenvalue weighted by atomic mass is 9.73. The Labute approximate surface area is 128 Å². The van der Waals surface area contributed by atoms with Crippen molar-refractivity contribution in [3.8, 4) is 0 Å². The third-order valence-electron chi connectivity index (χ3n) is 4.82. The average Bonchev–Trinajstić information content (AvgIpc) is 2.48. The van der Waals surface area contributed by atoms with E-state index in [0.717, 1.165) is 32.1 Å². The lowest BCUT2D eigenvalue weighted by Gasteiger charge is -2.37. The van der Waals surface area contributed by atoms with E-state index >= 15 is 0 Å². The maximum atomic E-state index is 11.5. The summed E-state index contributed by atoms with van der Waals surface area (Å²) in [6.45, 7) is 1.71. The smallest absolute Gasteiger partial charge is 0.150 e. The van der Waals surface area contributed by atoms with Crippen LogP contribution in [0.1, 0.15) is 56.9 Å². The Hall–Kier alpha value is -0.870. The summed E-state index contributed by atoms with van der Waals surface area (Å²) in [5, 5.41) is 0. The Kier molecular flexibility index (Phi) is 5.44. The summed E-state index contributed by atoms with van der Waals surface area (Å²) >= 11 is 0. The Morgan fingerprint density at radius 2 is 1.81 bits per heavy atom. The molecule has 1 aromatic carbocycles. The number of hydrogen-bond acceptors (Lipinski definition) is 3. The lowest BCUT2D eigenvalue weighted by Crippen LogP contribution is -2.43. The molecule has 1 saturated carbocycles. The molecule has 21 heavy (non-hydrogen) atoms. The summed E-state index contributed by atoms with van der Waals surface area (Å²) in [6.07, 6.45) is 5.75. The maximum Gasteiger partial charge on any atom is 0.150 e. The zero-order valence-electron chi connectivity index (χ0n) is 12.9. The molecule has 1 aliphatic rings. The zero-order chi connectivity index (χ0) is 15.3. The summed E-state index contributed by atoms with van der Waals surface area (Å²) in [6, 6.07) is 10.6. The van der Waals surface area contributed by atoms with Crippen LogP contribution in [-0.2, 0) is 9.84 Å². The molecule has 0 saturated heterocycles. The largest absolute Gasteiger partial charge is 0.325 e. The first kappa shape index (κ1) is 16.5. The number of sulfone groups is 1. The fourth-order valence-electron chi connectivity index (χ4n) is 3.29. The monoisotopic (exact) mass is 309 g/mol. The number of rotatable bonds is 6. The minimum Gasteiger partial charge on any atom is -0.325 e. The van der Waals surface area contributed by atoms with Crippen molar-refractivity contribution in [3.63, 3.8) is 0 Å². The predicted molar refractivity (Wildman–Crippen MR) is 88.1 cm³/mol. The van der Waals surface area contributed by atoms with Gasteiger partial charge in [-0.25, -0.2) is 8.42 Å². The molecule has 1 fully saturated rings. The Morgan fingerprint density at radius 3 is 2.38 bits per heavy atom. The van der Waals surface area contributed by atoms with Crippen LogP contribution in [0.2, 0.25) is 0 Å². The maximum absolute atomic E-state index is 11.5. The van der Waals surface area contributed by atoms with Gasteiger partial charge in [-0.2, -0.15) is 0 Å². The van der Waals surface area contributed by atoms with Gasteiger partial charge in [0.1, 0.15) is 9.84 Å². The van der Waals surface area contributed by atoms with Gasteiger partial charge in [-0.3, -0.25) is 0 Å².